The van der Waals surface area contributed by atoms with E-state index in [1.807, 2.05) is 4.90 Å². The van der Waals surface area contributed by atoms with Crippen molar-refractivity contribution in [1.82, 2.24) is 20.2 Å². The largest absolute Gasteiger partial charge is 0.340 e. The number of halogens is 1. The van der Waals surface area contributed by atoms with Crippen LogP contribution in [0.3, 0.4) is 0 Å². The van der Waals surface area contributed by atoms with Gasteiger partial charge in [0.2, 0.25) is 11.9 Å². The maximum absolute atomic E-state index is 12.8. The van der Waals surface area contributed by atoms with Crippen molar-refractivity contribution in [3.63, 3.8) is 0 Å². The molecule has 1 saturated heterocycles. The van der Waals surface area contributed by atoms with Gasteiger partial charge >= 0.3 is 0 Å². The Morgan fingerprint density at radius 3 is 2.90 bits per heavy atom. The second kappa shape index (κ2) is 5.24. The molecular weight excluding hydrogens is 263 g/mol. The molecule has 3 heterocycles. The number of hydrogen-bond acceptors (Lipinski definition) is 5. The molecule has 1 fully saturated rings. The van der Waals surface area contributed by atoms with Gasteiger partial charge in [0.1, 0.15) is 0 Å². The van der Waals surface area contributed by atoms with Gasteiger partial charge in [-0.3, -0.25) is 9.89 Å². The van der Waals surface area contributed by atoms with Gasteiger partial charge in [0.25, 0.3) is 0 Å². The Hall–Kier alpha value is -2.51. The molecule has 2 N–H and O–H groups in total. The van der Waals surface area contributed by atoms with Crippen LogP contribution in [0, 0.1) is 11.7 Å². The van der Waals surface area contributed by atoms with Crippen molar-refractivity contribution in [1.29, 1.82) is 0 Å². The minimum absolute atomic E-state index is 0.0592. The van der Waals surface area contributed by atoms with Gasteiger partial charge in [-0.15, -0.1) is 0 Å². The molecule has 0 aromatic carbocycles. The summed E-state index contributed by atoms with van der Waals surface area (Å²) in [7, 11) is 0. The molecule has 0 spiro atoms. The van der Waals surface area contributed by atoms with Gasteiger partial charge in [-0.25, -0.2) is 14.4 Å². The predicted octanol–water partition coefficient (Wildman–Crippen LogP) is 0.804. The van der Waals surface area contributed by atoms with Gasteiger partial charge in [-0.05, 0) is 6.42 Å². The molecule has 0 unspecified atom stereocenters. The summed E-state index contributed by atoms with van der Waals surface area (Å²) in [6, 6.07) is 0. The Morgan fingerprint density at radius 1 is 1.40 bits per heavy atom. The molecule has 3 rings (SSSR count). The molecule has 104 valence electrons. The molecule has 8 heteroatoms. The van der Waals surface area contributed by atoms with Gasteiger partial charge < -0.3 is 10.2 Å². The quantitative estimate of drug-likeness (QED) is 0.866. The first-order valence-corrected chi connectivity index (χ1v) is 6.24. The van der Waals surface area contributed by atoms with Gasteiger partial charge in [-0.2, -0.15) is 5.10 Å². The molecule has 2 aromatic rings. The number of carbonyl (C=O) groups is 1. The number of nitrogens with one attached hydrogen (secondary N) is 2. The molecule has 1 aliphatic heterocycles. The van der Waals surface area contributed by atoms with Crippen LogP contribution in [-0.4, -0.2) is 39.2 Å². The summed E-state index contributed by atoms with van der Waals surface area (Å²) in [6.07, 6.45) is 6.13. The summed E-state index contributed by atoms with van der Waals surface area (Å²) < 4.78 is 12.8. The van der Waals surface area contributed by atoms with Gasteiger partial charge in [0.05, 0.1) is 30.2 Å². The van der Waals surface area contributed by atoms with E-state index in [-0.39, 0.29) is 11.8 Å². The topological polar surface area (TPSA) is 86.8 Å². The lowest BCUT2D eigenvalue weighted by molar-refractivity contribution is -0.119. The minimum atomic E-state index is -0.470. The fourth-order valence-corrected chi connectivity index (χ4v) is 2.19. The first kappa shape index (κ1) is 12.5. The Bertz CT molecular complexity index is 585. The van der Waals surface area contributed by atoms with Crippen LogP contribution < -0.4 is 10.2 Å². The molecule has 20 heavy (non-hydrogen) atoms. The molecular formula is C12H13FN6O. The van der Waals surface area contributed by atoms with Crippen molar-refractivity contribution in [3.05, 3.63) is 30.6 Å². The maximum atomic E-state index is 12.8. The van der Waals surface area contributed by atoms with Crippen molar-refractivity contribution in [2.75, 3.05) is 23.3 Å². The number of carbonyl (C=O) groups excluding carboxylic acids is 1. The number of aromatic nitrogens is 4. The number of H-pyrrole nitrogens is 1. The maximum Gasteiger partial charge on any atom is 0.229 e. The second-order valence-corrected chi connectivity index (χ2v) is 4.61. The number of hydrogen-bond donors (Lipinski definition) is 2. The van der Waals surface area contributed by atoms with E-state index in [0.717, 1.165) is 12.4 Å². The number of amides is 1. The van der Waals surface area contributed by atoms with Crippen LogP contribution in [-0.2, 0) is 4.79 Å². The van der Waals surface area contributed by atoms with Gasteiger partial charge in [0.15, 0.2) is 5.82 Å². The zero-order valence-electron chi connectivity index (χ0n) is 10.6. The highest BCUT2D eigenvalue weighted by Crippen LogP contribution is 2.21. The van der Waals surface area contributed by atoms with E-state index in [0.29, 0.717) is 31.1 Å². The van der Waals surface area contributed by atoms with E-state index < -0.39 is 5.82 Å². The highest BCUT2D eigenvalue weighted by molar-refractivity contribution is 5.93. The normalized spacial score (nSPS) is 18.2. The highest BCUT2D eigenvalue weighted by Gasteiger charge is 2.29. The molecule has 0 saturated carbocycles. The lowest BCUT2D eigenvalue weighted by Crippen LogP contribution is -2.27. The minimum Gasteiger partial charge on any atom is -0.340 e. The fourth-order valence-electron chi connectivity index (χ4n) is 2.19. The standard InChI is InChI=1S/C12H13FN6O/c13-9-3-14-12(15-4-9)19-2-1-8(7-19)11(20)18-10-5-16-17-6-10/h3-6,8H,1-2,7H2,(H,16,17)(H,18,20)/t8-/m1/s1. The highest BCUT2D eigenvalue weighted by atomic mass is 19.1. The first-order chi connectivity index (χ1) is 9.72. The Kier molecular flexibility index (Phi) is 3.28. The van der Waals surface area contributed by atoms with Crippen LogP contribution in [0.15, 0.2) is 24.8 Å². The SMILES string of the molecule is O=C(Nc1cn[nH]c1)[C@@H]1CCN(c2ncc(F)cn2)C1. The molecule has 1 aliphatic rings. The molecule has 0 bridgehead atoms. The Balaban J connectivity index is 1.61. The van der Waals surface area contributed by atoms with E-state index in [9.17, 15) is 9.18 Å². The summed E-state index contributed by atoms with van der Waals surface area (Å²) in [4.78, 5) is 21.8. The fraction of sp³-hybridized carbons (Fsp3) is 0.333. The molecule has 0 aliphatic carbocycles. The van der Waals surface area contributed by atoms with E-state index in [4.69, 9.17) is 0 Å². The summed E-state index contributed by atoms with van der Waals surface area (Å²) in [5, 5.41) is 9.19. The lowest BCUT2D eigenvalue weighted by atomic mass is 10.1. The Morgan fingerprint density at radius 2 is 2.20 bits per heavy atom. The van der Waals surface area contributed by atoms with Crippen molar-refractivity contribution < 1.29 is 9.18 Å². The molecule has 1 amide bonds. The van der Waals surface area contributed by atoms with Crippen LogP contribution in [0.4, 0.5) is 16.0 Å². The number of rotatable bonds is 3. The van der Waals surface area contributed by atoms with Crippen molar-refractivity contribution in [2.45, 2.75) is 6.42 Å². The van der Waals surface area contributed by atoms with Crippen molar-refractivity contribution in [2.24, 2.45) is 5.92 Å². The van der Waals surface area contributed by atoms with Crippen LogP contribution in [0.5, 0.6) is 0 Å². The van der Waals surface area contributed by atoms with Crippen LogP contribution in [0.1, 0.15) is 6.42 Å². The van der Waals surface area contributed by atoms with E-state index in [1.165, 1.54) is 0 Å². The first-order valence-electron chi connectivity index (χ1n) is 6.24. The van der Waals surface area contributed by atoms with Gasteiger partial charge in [-0.1, -0.05) is 0 Å². The third kappa shape index (κ3) is 2.58. The van der Waals surface area contributed by atoms with Crippen LogP contribution in [0.2, 0.25) is 0 Å². The van der Waals surface area contributed by atoms with E-state index >= 15 is 0 Å². The predicted molar refractivity (Wildman–Crippen MR) is 69.5 cm³/mol. The molecule has 7 nitrogen and oxygen atoms in total. The Labute approximate surface area is 114 Å². The van der Waals surface area contributed by atoms with Crippen molar-refractivity contribution in [3.8, 4) is 0 Å². The molecule has 0 radical (unpaired) electrons. The van der Waals surface area contributed by atoms with Crippen LogP contribution >= 0.6 is 0 Å². The smallest absolute Gasteiger partial charge is 0.229 e. The van der Waals surface area contributed by atoms with E-state index in [1.54, 1.807) is 12.4 Å². The lowest BCUT2D eigenvalue weighted by Gasteiger charge is -2.15. The number of nitrogens with zero attached hydrogens (tertiary/aromatic N) is 4. The summed E-state index contributed by atoms with van der Waals surface area (Å²) in [5.41, 5.74) is 0.645. The van der Waals surface area contributed by atoms with Gasteiger partial charge in [0, 0.05) is 19.3 Å². The van der Waals surface area contributed by atoms with E-state index in [2.05, 4.69) is 25.5 Å². The summed E-state index contributed by atoms with van der Waals surface area (Å²) >= 11 is 0. The number of anilines is 2. The average Bonchev–Trinajstić information content (AvgIpc) is 3.10. The third-order valence-electron chi connectivity index (χ3n) is 3.21. The zero-order chi connectivity index (χ0) is 13.9. The molecule has 2 aromatic heterocycles. The monoisotopic (exact) mass is 276 g/mol. The summed E-state index contributed by atoms with van der Waals surface area (Å²) in [6.45, 7) is 1.20. The molecule has 1 atom stereocenters. The van der Waals surface area contributed by atoms with Crippen molar-refractivity contribution >= 4 is 17.5 Å². The van der Waals surface area contributed by atoms with Crippen LogP contribution in [0.25, 0.3) is 0 Å². The summed E-state index contributed by atoms with van der Waals surface area (Å²) in [5.74, 6) is -0.221. The zero-order valence-corrected chi connectivity index (χ0v) is 10.6. The third-order valence-corrected chi connectivity index (χ3v) is 3.21. The second-order valence-electron chi connectivity index (χ2n) is 4.61. The number of aromatic amines is 1. The average molecular weight is 276 g/mol.